The highest BCUT2D eigenvalue weighted by Gasteiger charge is 2.18. The van der Waals surface area contributed by atoms with E-state index in [1.54, 1.807) is 6.92 Å². The molecule has 3 rings (SSSR count). The molecule has 0 aliphatic rings. The molecule has 0 bridgehead atoms. The van der Waals surface area contributed by atoms with Gasteiger partial charge in [0, 0.05) is 18.1 Å². The lowest BCUT2D eigenvalue weighted by atomic mass is 10.1. The molecule has 0 spiro atoms. The van der Waals surface area contributed by atoms with Crippen LogP contribution < -0.4 is 10.9 Å². The number of carbonyl (C=O) groups excluding carboxylic acids is 1. The molecule has 0 fully saturated rings. The van der Waals surface area contributed by atoms with E-state index in [4.69, 9.17) is 0 Å². The van der Waals surface area contributed by atoms with E-state index in [0.29, 0.717) is 21.9 Å². The Morgan fingerprint density at radius 1 is 1.21 bits per heavy atom. The van der Waals surface area contributed by atoms with Crippen LogP contribution in [0.1, 0.15) is 25.8 Å². The number of anilines is 1. The van der Waals surface area contributed by atoms with Crippen LogP contribution in [0.2, 0.25) is 0 Å². The molecule has 9 heteroatoms. The molecular weight excluding hydrogens is 394 g/mol. The standard InChI is InChI=1S/C19H21N5O2S2/c1-11(2)9-16-23-24-19(28-16)22-17(26)12(3)27-18-20-14(10-15(25)21-18)13-7-5-4-6-8-13/h4-8,10-12H,9H2,1-3H3,(H,20,21,25)(H,22,24,26)/t12-/m0/s1. The van der Waals surface area contributed by atoms with E-state index in [1.807, 2.05) is 30.3 Å². The summed E-state index contributed by atoms with van der Waals surface area (Å²) in [5, 5.41) is 12.2. The number of rotatable bonds is 7. The van der Waals surface area contributed by atoms with Crippen molar-refractivity contribution in [3.8, 4) is 11.3 Å². The van der Waals surface area contributed by atoms with Crippen molar-refractivity contribution in [2.45, 2.75) is 37.6 Å². The van der Waals surface area contributed by atoms with Gasteiger partial charge in [-0.15, -0.1) is 10.2 Å². The van der Waals surface area contributed by atoms with E-state index in [9.17, 15) is 9.59 Å². The van der Waals surface area contributed by atoms with Gasteiger partial charge in [0.1, 0.15) is 5.01 Å². The largest absolute Gasteiger partial charge is 0.301 e. The van der Waals surface area contributed by atoms with Crippen molar-refractivity contribution < 1.29 is 4.79 Å². The zero-order valence-electron chi connectivity index (χ0n) is 15.8. The van der Waals surface area contributed by atoms with Crippen LogP contribution in [0.15, 0.2) is 46.3 Å². The molecule has 146 valence electrons. The summed E-state index contributed by atoms with van der Waals surface area (Å²) in [5.41, 5.74) is 1.16. The second-order valence-corrected chi connectivity index (χ2v) is 9.04. The van der Waals surface area contributed by atoms with Crippen molar-refractivity contribution in [2.24, 2.45) is 5.92 Å². The topological polar surface area (TPSA) is 101 Å². The van der Waals surface area contributed by atoms with Crippen LogP contribution in [0.25, 0.3) is 11.3 Å². The minimum atomic E-state index is -0.466. The zero-order chi connectivity index (χ0) is 20.1. The fourth-order valence-corrected chi connectivity index (χ4v) is 4.18. The van der Waals surface area contributed by atoms with Crippen molar-refractivity contribution in [1.29, 1.82) is 0 Å². The van der Waals surface area contributed by atoms with E-state index < -0.39 is 5.25 Å². The number of nitrogens with one attached hydrogen (secondary N) is 2. The SMILES string of the molecule is CC(C)Cc1nnc(NC(=O)[C@H](C)Sc2nc(-c3ccccc3)cc(=O)[nH]2)s1. The molecule has 0 saturated heterocycles. The van der Waals surface area contributed by atoms with Crippen molar-refractivity contribution in [3.05, 3.63) is 51.8 Å². The third-order valence-electron chi connectivity index (χ3n) is 3.73. The predicted octanol–water partition coefficient (Wildman–Crippen LogP) is 3.61. The Labute approximate surface area is 171 Å². The summed E-state index contributed by atoms with van der Waals surface area (Å²) >= 11 is 2.57. The summed E-state index contributed by atoms with van der Waals surface area (Å²) in [6.45, 7) is 5.97. The molecular formula is C19H21N5O2S2. The van der Waals surface area contributed by atoms with Crippen LogP contribution in [0, 0.1) is 5.92 Å². The lowest BCUT2D eigenvalue weighted by Gasteiger charge is -2.10. The maximum Gasteiger partial charge on any atom is 0.252 e. The maximum atomic E-state index is 12.5. The van der Waals surface area contributed by atoms with Gasteiger partial charge in [-0.1, -0.05) is 67.3 Å². The monoisotopic (exact) mass is 415 g/mol. The summed E-state index contributed by atoms with van der Waals surface area (Å²) in [6.07, 6.45) is 0.829. The smallest absolute Gasteiger partial charge is 0.252 e. The predicted molar refractivity (Wildman–Crippen MR) is 113 cm³/mol. The first kappa shape index (κ1) is 20.2. The van der Waals surface area contributed by atoms with Gasteiger partial charge < -0.3 is 4.98 Å². The van der Waals surface area contributed by atoms with E-state index in [-0.39, 0.29) is 11.5 Å². The molecule has 0 aliphatic heterocycles. The molecule has 1 atom stereocenters. The van der Waals surface area contributed by atoms with E-state index in [2.05, 4.69) is 39.3 Å². The molecule has 1 aromatic carbocycles. The molecule has 0 saturated carbocycles. The van der Waals surface area contributed by atoms with Gasteiger partial charge in [0.2, 0.25) is 11.0 Å². The van der Waals surface area contributed by atoms with Crippen molar-refractivity contribution in [1.82, 2.24) is 20.2 Å². The molecule has 7 nitrogen and oxygen atoms in total. The molecule has 0 radical (unpaired) electrons. The molecule has 2 aromatic heterocycles. The van der Waals surface area contributed by atoms with Crippen LogP contribution in [-0.2, 0) is 11.2 Å². The third-order valence-corrected chi connectivity index (χ3v) is 5.57. The highest BCUT2D eigenvalue weighted by atomic mass is 32.2. The molecule has 2 N–H and O–H groups in total. The van der Waals surface area contributed by atoms with Gasteiger partial charge in [-0.2, -0.15) is 0 Å². The van der Waals surface area contributed by atoms with Gasteiger partial charge in [0.05, 0.1) is 10.9 Å². The highest BCUT2D eigenvalue weighted by molar-refractivity contribution is 8.00. The zero-order valence-corrected chi connectivity index (χ0v) is 17.4. The van der Waals surface area contributed by atoms with E-state index in [0.717, 1.165) is 17.0 Å². The second-order valence-electron chi connectivity index (χ2n) is 6.65. The van der Waals surface area contributed by atoms with Gasteiger partial charge in [-0.3, -0.25) is 14.9 Å². The minimum absolute atomic E-state index is 0.218. The molecule has 0 unspecified atom stereocenters. The van der Waals surface area contributed by atoms with E-state index >= 15 is 0 Å². The Balaban J connectivity index is 1.68. The van der Waals surface area contributed by atoms with Crippen LogP contribution in [0.5, 0.6) is 0 Å². The maximum absolute atomic E-state index is 12.5. The van der Waals surface area contributed by atoms with Crippen molar-refractivity contribution in [2.75, 3.05) is 5.32 Å². The van der Waals surface area contributed by atoms with Gasteiger partial charge in [-0.25, -0.2) is 4.98 Å². The number of amides is 1. The van der Waals surface area contributed by atoms with Crippen LogP contribution in [-0.4, -0.2) is 31.3 Å². The second kappa shape index (κ2) is 9.11. The summed E-state index contributed by atoms with van der Waals surface area (Å²) in [6, 6.07) is 10.9. The Hall–Kier alpha value is -2.52. The lowest BCUT2D eigenvalue weighted by molar-refractivity contribution is -0.115. The molecule has 1 amide bonds. The number of benzene rings is 1. The summed E-state index contributed by atoms with van der Waals surface area (Å²) < 4.78 is 0. The molecule has 0 aliphatic carbocycles. The van der Waals surface area contributed by atoms with Crippen LogP contribution >= 0.6 is 23.1 Å². The van der Waals surface area contributed by atoms with Crippen molar-refractivity contribution in [3.63, 3.8) is 0 Å². The fraction of sp³-hybridized carbons (Fsp3) is 0.316. The lowest BCUT2D eigenvalue weighted by Crippen LogP contribution is -2.23. The average Bonchev–Trinajstić information content (AvgIpc) is 3.08. The van der Waals surface area contributed by atoms with Gasteiger partial charge in [-0.05, 0) is 12.8 Å². The fourth-order valence-electron chi connectivity index (χ4n) is 2.41. The number of aromatic nitrogens is 4. The average molecular weight is 416 g/mol. The normalized spacial score (nSPS) is 12.1. The molecule has 28 heavy (non-hydrogen) atoms. The van der Waals surface area contributed by atoms with E-state index in [1.165, 1.54) is 29.2 Å². The van der Waals surface area contributed by atoms with Crippen LogP contribution in [0.4, 0.5) is 5.13 Å². The quantitative estimate of drug-likeness (QED) is 0.452. The number of thioether (sulfide) groups is 1. The van der Waals surface area contributed by atoms with Gasteiger partial charge in [0.15, 0.2) is 5.16 Å². The first-order chi connectivity index (χ1) is 13.4. The molecule has 2 heterocycles. The Morgan fingerprint density at radius 2 is 1.96 bits per heavy atom. The summed E-state index contributed by atoms with van der Waals surface area (Å²) in [7, 11) is 0. The Kier molecular flexibility index (Phi) is 6.58. The number of hydrogen-bond donors (Lipinski definition) is 2. The first-order valence-corrected chi connectivity index (χ1v) is 10.6. The Morgan fingerprint density at radius 3 is 2.68 bits per heavy atom. The minimum Gasteiger partial charge on any atom is -0.301 e. The summed E-state index contributed by atoms with van der Waals surface area (Å²) in [4.78, 5) is 31.6. The summed E-state index contributed by atoms with van der Waals surface area (Å²) in [5.74, 6) is 0.260. The number of hydrogen-bond acceptors (Lipinski definition) is 7. The molecule has 3 aromatic rings. The number of carbonyl (C=O) groups is 1. The van der Waals surface area contributed by atoms with Crippen molar-refractivity contribution >= 4 is 34.1 Å². The van der Waals surface area contributed by atoms with Gasteiger partial charge in [0.25, 0.3) is 5.56 Å². The first-order valence-electron chi connectivity index (χ1n) is 8.87. The number of nitrogens with zero attached hydrogens (tertiary/aromatic N) is 3. The Bertz CT molecular complexity index is 1000. The highest BCUT2D eigenvalue weighted by Crippen LogP contribution is 2.24. The van der Waals surface area contributed by atoms with Gasteiger partial charge >= 0.3 is 0 Å². The number of H-pyrrole nitrogens is 1. The van der Waals surface area contributed by atoms with Crippen LogP contribution in [0.3, 0.4) is 0 Å². The third kappa shape index (κ3) is 5.49. The number of aromatic amines is 1.